The third-order valence-electron chi connectivity index (χ3n) is 4.42. The summed E-state index contributed by atoms with van der Waals surface area (Å²) >= 11 is 0. The molecule has 0 unspecified atom stereocenters. The number of nitrogens with one attached hydrogen (secondary N) is 1. The molecule has 2 aromatic rings. The first-order chi connectivity index (χ1) is 11.2. The third kappa shape index (κ3) is 3.57. The molecule has 1 fully saturated rings. The number of carbonyl (C=O) groups is 1. The van der Waals surface area contributed by atoms with Gasteiger partial charge < -0.3 is 19.2 Å². The van der Waals surface area contributed by atoms with Gasteiger partial charge in [-0.05, 0) is 30.5 Å². The van der Waals surface area contributed by atoms with Gasteiger partial charge in [-0.1, -0.05) is 13.0 Å². The van der Waals surface area contributed by atoms with Crippen molar-refractivity contribution in [1.82, 2.24) is 5.32 Å². The van der Waals surface area contributed by atoms with E-state index in [0.717, 1.165) is 29.4 Å². The molecule has 1 aliphatic heterocycles. The van der Waals surface area contributed by atoms with Gasteiger partial charge in [0.15, 0.2) is 0 Å². The van der Waals surface area contributed by atoms with Crippen LogP contribution in [0.15, 0.2) is 28.9 Å². The van der Waals surface area contributed by atoms with Crippen molar-refractivity contribution in [3.63, 3.8) is 0 Å². The van der Waals surface area contributed by atoms with E-state index in [1.54, 1.807) is 13.4 Å². The van der Waals surface area contributed by atoms with Crippen molar-refractivity contribution >= 4 is 16.9 Å². The first kappa shape index (κ1) is 16.0. The van der Waals surface area contributed by atoms with Gasteiger partial charge in [0.2, 0.25) is 5.91 Å². The van der Waals surface area contributed by atoms with E-state index in [-0.39, 0.29) is 18.1 Å². The average Bonchev–Trinajstić information content (AvgIpc) is 2.97. The Morgan fingerprint density at radius 2 is 2.30 bits per heavy atom. The molecule has 1 amide bonds. The molecule has 1 aromatic carbocycles. The molecule has 0 radical (unpaired) electrons. The highest BCUT2D eigenvalue weighted by Crippen LogP contribution is 2.23. The summed E-state index contributed by atoms with van der Waals surface area (Å²) in [5.41, 5.74) is 2.97. The van der Waals surface area contributed by atoms with Crippen LogP contribution in [0.1, 0.15) is 24.5 Å². The van der Waals surface area contributed by atoms with Crippen LogP contribution in [0.3, 0.4) is 0 Å². The van der Waals surface area contributed by atoms with Crippen LogP contribution in [0.25, 0.3) is 11.0 Å². The lowest BCUT2D eigenvalue weighted by Gasteiger charge is -2.31. The minimum atomic E-state index is -0.0920. The summed E-state index contributed by atoms with van der Waals surface area (Å²) in [4.78, 5) is 12.4. The largest absolute Gasteiger partial charge is 0.464 e. The Kier molecular flexibility index (Phi) is 4.98. The fraction of sp³-hybridized carbons (Fsp3) is 0.500. The molecule has 2 atom stereocenters. The molecule has 5 nitrogen and oxygen atoms in total. The lowest BCUT2D eigenvalue weighted by molar-refractivity contribution is -0.124. The fourth-order valence-corrected chi connectivity index (χ4v) is 3.05. The minimum Gasteiger partial charge on any atom is -0.464 e. The van der Waals surface area contributed by atoms with E-state index in [4.69, 9.17) is 13.9 Å². The third-order valence-corrected chi connectivity index (χ3v) is 4.42. The van der Waals surface area contributed by atoms with Crippen LogP contribution in [0.5, 0.6) is 0 Å². The van der Waals surface area contributed by atoms with Gasteiger partial charge in [0.1, 0.15) is 5.58 Å². The lowest BCUT2D eigenvalue weighted by Crippen LogP contribution is -2.50. The number of carbonyl (C=O) groups excluding carboxylic acids is 1. The number of methoxy groups -OCH3 is 1. The van der Waals surface area contributed by atoms with Gasteiger partial charge in [-0.15, -0.1) is 0 Å². The molecule has 124 valence electrons. The minimum absolute atomic E-state index is 0.0143. The van der Waals surface area contributed by atoms with Crippen molar-refractivity contribution in [3.8, 4) is 0 Å². The Morgan fingerprint density at radius 1 is 1.43 bits per heavy atom. The van der Waals surface area contributed by atoms with E-state index in [1.165, 1.54) is 5.56 Å². The average molecular weight is 317 g/mol. The number of ether oxygens (including phenoxy) is 2. The summed E-state index contributed by atoms with van der Waals surface area (Å²) in [5, 5.41) is 4.04. The number of fused-ring (bicyclic) bond motifs is 1. The summed E-state index contributed by atoms with van der Waals surface area (Å²) in [5.74, 6) is -0.0350. The van der Waals surface area contributed by atoms with Crippen molar-refractivity contribution in [1.29, 1.82) is 0 Å². The van der Waals surface area contributed by atoms with Crippen molar-refractivity contribution in [2.45, 2.75) is 38.3 Å². The Hall–Kier alpha value is -1.85. The molecule has 0 spiro atoms. The first-order valence-electron chi connectivity index (χ1n) is 8.10. The monoisotopic (exact) mass is 317 g/mol. The predicted octanol–water partition coefficient (Wildman–Crippen LogP) is 2.46. The maximum atomic E-state index is 12.4. The van der Waals surface area contributed by atoms with Crippen molar-refractivity contribution < 1.29 is 18.7 Å². The van der Waals surface area contributed by atoms with Crippen LogP contribution < -0.4 is 5.32 Å². The van der Waals surface area contributed by atoms with Crippen LogP contribution in [0.2, 0.25) is 0 Å². The van der Waals surface area contributed by atoms with Gasteiger partial charge >= 0.3 is 0 Å². The van der Waals surface area contributed by atoms with Crippen LogP contribution in [0.4, 0.5) is 0 Å². The van der Waals surface area contributed by atoms with E-state index in [9.17, 15) is 4.79 Å². The normalized spacial score (nSPS) is 21.5. The number of amides is 1. The molecule has 3 rings (SSSR count). The van der Waals surface area contributed by atoms with Crippen molar-refractivity contribution in [2.24, 2.45) is 0 Å². The molecule has 2 heterocycles. The number of hydrogen-bond acceptors (Lipinski definition) is 4. The number of hydrogen-bond donors (Lipinski definition) is 1. The number of furan rings is 1. The van der Waals surface area contributed by atoms with E-state index in [1.807, 2.05) is 6.07 Å². The molecule has 5 heteroatoms. The fourth-order valence-electron chi connectivity index (χ4n) is 3.05. The zero-order valence-corrected chi connectivity index (χ0v) is 13.6. The smallest absolute Gasteiger partial charge is 0.224 e. The Bertz CT molecular complexity index is 679. The van der Waals surface area contributed by atoms with Crippen molar-refractivity contribution in [3.05, 3.63) is 35.6 Å². The first-order valence-corrected chi connectivity index (χ1v) is 8.10. The molecule has 0 bridgehead atoms. The summed E-state index contributed by atoms with van der Waals surface area (Å²) in [6.45, 7) is 3.29. The molecule has 1 N–H and O–H groups in total. The molecule has 1 aliphatic rings. The summed E-state index contributed by atoms with van der Waals surface area (Å²) < 4.78 is 16.4. The predicted molar refractivity (Wildman–Crippen MR) is 87.5 cm³/mol. The van der Waals surface area contributed by atoms with Crippen LogP contribution >= 0.6 is 0 Å². The second-order valence-corrected chi connectivity index (χ2v) is 5.93. The zero-order valence-electron chi connectivity index (χ0n) is 13.6. The second-order valence-electron chi connectivity index (χ2n) is 5.93. The summed E-state index contributed by atoms with van der Waals surface area (Å²) in [6.07, 6.45) is 3.75. The lowest BCUT2D eigenvalue weighted by atomic mass is 10.0. The van der Waals surface area contributed by atoms with Gasteiger partial charge in [0, 0.05) is 24.7 Å². The van der Waals surface area contributed by atoms with E-state index >= 15 is 0 Å². The molecule has 0 aliphatic carbocycles. The highest BCUT2D eigenvalue weighted by Gasteiger charge is 2.27. The van der Waals surface area contributed by atoms with E-state index < -0.39 is 0 Å². The second kappa shape index (κ2) is 7.15. The molecule has 1 aromatic heterocycles. The quantitative estimate of drug-likeness (QED) is 0.920. The number of benzene rings is 1. The highest BCUT2D eigenvalue weighted by atomic mass is 16.5. The maximum absolute atomic E-state index is 12.4. The van der Waals surface area contributed by atoms with Crippen LogP contribution in [0, 0.1) is 0 Å². The van der Waals surface area contributed by atoms with Gasteiger partial charge in [-0.2, -0.15) is 0 Å². The molecule has 1 saturated heterocycles. The molecular formula is C18H23NO4. The molecular weight excluding hydrogens is 294 g/mol. The Labute approximate surface area is 135 Å². The van der Waals surface area contributed by atoms with Crippen LogP contribution in [-0.2, 0) is 27.1 Å². The van der Waals surface area contributed by atoms with Gasteiger partial charge in [-0.3, -0.25) is 4.79 Å². The van der Waals surface area contributed by atoms with Crippen molar-refractivity contribution in [2.75, 3.05) is 20.3 Å². The summed E-state index contributed by atoms with van der Waals surface area (Å²) in [7, 11) is 1.67. The van der Waals surface area contributed by atoms with E-state index in [0.29, 0.717) is 19.6 Å². The zero-order chi connectivity index (χ0) is 16.2. The van der Waals surface area contributed by atoms with Gasteiger partial charge in [0.25, 0.3) is 0 Å². The maximum Gasteiger partial charge on any atom is 0.224 e. The summed E-state index contributed by atoms with van der Waals surface area (Å²) in [6, 6.07) is 6.03. The molecule has 23 heavy (non-hydrogen) atoms. The topological polar surface area (TPSA) is 60.7 Å². The Balaban J connectivity index is 1.70. The number of rotatable bonds is 5. The standard InChI is InChI=1S/C18H23NO4/c1-3-12-4-5-16-14(8-12)13(10-23-16)9-18(20)19-15-11-22-7-6-17(15)21-2/h4-5,8,10,15,17H,3,6-7,9,11H2,1-2H3,(H,19,20)/t15-,17-/m1/s1. The van der Waals surface area contributed by atoms with Gasteiger partial charge in [0.05, 0.1) is 31.4 Å². The number of aryl methyl sites for hydroxylation is 1. The molecule has 0 saturated carbocycles. The van der Waals surface area contributed by atoms with Crippen LogP contribution in [-0.4, -0.2) is 38.4 Å². The SMILES string of the molecule is CCc1ccc2occ(CC(=O)N[C@@H]3COCC[C@H]3OC)c2c1. The van der Waals surface area contributed by atoms with E-state index in [2.05, 4.69) is 24.4 Å². The highest BCUT2D eigenvalue weighted by molar-refractivity contribution is 5.88. The van der Waals surface area contributed by atoms with Gasteiger partial charge in [-0.25, -0.2) is 0 Å². The Morgan fingerprint density at radius 3 is 3.09 bits per heavy atom.